The maximum Gasteiger partial charge on any atom is 0.288 e. The summed E-state index contributed by atoms with van der Waals surface area (Å²) in [4.78, 5) is 14.2. The number of nitrogens with zero attached hydrogens (tertiary/aromatic N) is 3. The minimum atomic E-state index is -0.358. The monoisotopic (exact) mass is 381 g/mol. The minimum Gasteiger partial charge on any atom is -0.490 e. The molecule has 2 aromatic rings. The minimum absolute atomic E-state index is 0.0183. The summed E-state index contributed by atoms with van der Waals surface area (Å²) in [6.07, 6.45) is 3.41. The first-order valence-corrected chi connectivity index (χ1v) is 9.07. The van der Waals surface area contributed by atoms with Crippen LogP contribution in [0.1, 0.15) is 24.0 Å². The maximum atomic E-state index is 12.1. The molecular formula is C18H21Cl2N3O2. The molecule has 3 rings (SSSR count). The molecule has 0 saturated carbocycles. The Balaban J connectivity index is 1.58. The third kappa shape index (κ3) is 4.35. The zero-order chi connectivity index (χ0) is 18.0. The van der Waals surface area contributed by atoms with Crippen molar-refractivity contribution in [3.63, 3.8) is 0 Å². The molecule has 0 N–H and O–H groups in total. The molecule has 2 heterocycles. The second-order valence-electron chi connectivity index (χ2n) is 6.46. The number of benzene rings is 1. The van der Waals surface area contributed by atoms with E-state index in [-0.39, 0.29) is 21.7 Å². The van der Waals surface area contributed by atoms with Crippen LogP contribution in [0.4, 0.5) is 0 Å². The van der Waals surface area contributed by atoms with Crippen molar-refractivity contribution in [1.82, 2.24) is 14.7 Å². The smallest absolute Gasteiger partial charge is 0.288 e. The largest absolute Gasteiger partial charge is 0.490 e. The summed E-state index contributed by atoms with van der Waals surface area (Å²) in [6, 6.07) is 6.26. The summed E-state index contributed by atoms with van der Waals surface area (Å²) in [5, 5.41) is 4.26. The van der Waals surface area contributed by atoms with Gasteiger partial charge in [0.25, 0.3) is 5.56 Å². The van der Waals surface area contributed by atoms with Crippen molar-refractivity contribution in [3.8, 4) is 5.75 Å². The van der Waals surface area contributed by atoms with Crippen molar-refractivity contribution in [2.24, 2.45) is 0 Å². The number of hydrogen-bond acceptors (Lipinski definition) is 4. The number of rotatable bonds is 4. The Labute approximate surface area is 157 Å². The van der Waals surface area contributed by atoms with Gasteiger partial charge >= 0.3 is 0 Å². The van der Waals surface area contributed by atoms with Gasteiger partial charge in [-0.15, -0.1) is 0 Å². The molecule has 1 saturated heterocycles. The molecule has 1 aliphatic heterocycles. The molecule has 0 aliphatic carbocycles. The number of halogens is 2. The quantitative estimate of drug-likeness (QED) is 0.810. The number of aromatic nitrogens is 2. The fourth-order valence-corrected chi connectivity index (χ4v) is 3.19. The Morgan fingerprint density at radius 3 is 2.68 bits per heavy atom. The van der Waals surface area contributed by atoms with Crippen molar-refractivity contribution >= 4 is 23.2 Å². The molecule has 0 radical (unpaired) electrons. The van der Waals surface area contributed by atoms with E-state index in [2.05, 4.69) is 42.0 Å². The van der Waals surface area contributed by atoms with Gasteiger partial charge in [0.1, 0.15) is 16.9 Å². The van der Waals surface area contributed by atoms with Gasteiger partial charge in [-0.25, -0.2) is 4.68 Å². The Morgan fingerprint density at radius 2 is 1.96 bits per heavy atom. The third-order valence-electron chi connectivity index (χ3n) is 4.45. The highest BCUT2D eigenvalue weighted by Crippen LogP contribution is 2.24. The molecule has 1 fully saturated rings. The first kappa shape index (κ1) is 18.2. The Morgan fingerprint density at radius 1 is 1.24 bits per heavy atom. The van der Waals surface area contributed by atoms with E-state index in [1.54, 1.807) is 0 Å². The zero-order valence-electron chi connectivity index (χ0n) is 14.3. The van der Waals surface area contributed by atoms with Crippen molar-refractivity contribution < 1.29 is 4.74 Å². The summed E-state index contributed by atoms with van der Waals surface area (Å²) in [6.45, 7) is 6.21. The lowest BCUT2D eigenvalue weighted by atomic mass is 10.1. The van der Waals surface area contributed by atoms with E-state index in [4.69, 9.17) is 27.9 Å². The molecule has 134 valence electrons. The maximum absolute atomic E-state index is 12.1. The van der Waals surface area contributed by atoms with Crippen molar-refractivity contribution in [1.29, 1.82) is 0 Å². The lowest BCUT2D eigenvalue weighted by molar-refractivity contribution is 0.0789. The van der Waals surface area contributed by atoms with Gasteiger partial charge in [-0.3, -0.25) is 9.69 Å². The predicted molar refractivity (Wildman–Crippen MR) is 99.7 cm³/mol. The topological polar surface area (TPSA) is 47.4 Å². The standard InChI is InChI=1S/C18H21Cl2N3O2/c1-12-3-4-13(2)16(9-12)25-14-5-7-22(8-6-14)11-23-18(24)17(20)15(19)10-21-23/h3-4,9-10,14H,5-8,11H2,1-2H3. The molecule has 0 spiro atoms. The van der Waals surface area contributed by atoms with Gasteiger partial charge in [-0.2, -0.15) is 5.10 Å². The van der Waals surface area contributed by atoms with Crippen molar-refractivity contribution in [2.75, 3.05) is 13.1 Å². The molecule has 5 nitrogen and oxygen atoms in total. The molecule has 0 bridgehead atoms. The summed E-state index contributed by atoms with van der Waals surface area (Å²) < 4.78 is 7.52. The van der Waals surface area contributed by atoms with Crippen LogP contribution in [0.25, 0.3) is 0 Å². The average Bonchev–Trinajstić information content (AvgIpc) is 2.60. The summed E-state index contributed by atoms with van der Waals surface area (Å²) in [7, 11) is 0. The predicted octanol–water partition coefficient (Wildman–Crippen LogP) is 3.67. The van der Waals surface area contributed by atoms with Gasteiger partial charge in [0.05, 0.1) is 17.9 Å². The van der Waals surface area contributed by atoms with Crippen LogP contribution in [0, 0.1) is 13.8 Å². The Bertz CT molecular complexity index is 814. The fraction of sp³-hybridized carbons (Fsp3) is 0.444. The number of aryl methyl sites for hydroxylation is 2. The highest BCUT2D eigenvalue weighted by molar-refractivity contribution is 6.41. The van der Waals surface area contributed by atoms with Crippen LogP contribution in [0.3, 0.4) is 0 Å². The van der Waals surface area contributed by atoms with Crippen LogP contribution >= 0.6 is 23.2 Å². The second kappa shape index (κ2) is 7.77. The number of likely N-dealkylation sites (tertiary alicyclic amines) is 1. The highest BCUT2D eigenvalue weighted by Gasteiger charge is 2.22. The zero-order valence-corrected chi connectivity index (χ0v) is 15.8. The first-order chi connectivity index (χ1) is 11.9. The van der Waals surface area contributed by atoms with E-state index in [0.29, 0.717) is 6.67 Å². The average molecular weight is 382 g/mol. The molecular weight excluding hydrogens is 361 g/mol. The summed E-state index contributed by atoms with van der Waals surface area (Å²) in [5.74, 6) is 0.959. The van der Waals surface area contributed by atoms with E-state index >= 15 is 0 Å². The lowest BCUT2D eigenvalue weighted by Crippen LogP contribution is -2.41. The van der Waals surface area contributed by atoms with E-state index in [0.717, 1.165) is 37.2 Å². The fourth-order valence-electron chi connectivity index (χ4n) is 2.92. The third-order valence-corrected chi connectivity index (χ3v) is 5.20. The van der Waals surface area contributed by atoms with Crippen LogP contribution in [-0.4, -0.2) is 33.9 Å². The molecule has 1 aliphatic rings. The molecule has 1 aromatic heterocycles. The van der Waals surface area contributed by atoms with Crippen molar-refractivity contribution in [2.45, 2.75) is 39.5 Å². The van der Waals surface area contributed by atoms with E-state index in [1.807, 2.05) is 0 Å². The van der Waals surface area contributed by atoms with Crippen LogP contribution in [0.15, 0.2) is 29.2 Å². The molecule has 25 heavy (non-hydrogen) atoms. The molecule has 7 heteroatoms. The summed E-state index contributed by atoms with van der Waals surface area (Å²) in [5.41, 5.74) is 1.99. The number of piperidine rings is 1. The van der Waals surface area contributed by atoms with E-state index in [9.17, 15) is 4.79 Å². The van der Waals surface area contributed by atoms with E-state index < -0.39 is 0 Å². The highest BCUT2D eigenvalue weighted by atomic mass is 35.5. The normalized spacial score (nSPS) is 16.2. The molecule has 0 atom stereocenters. The van der Waals surface area contributed by atoms with Crippen LogP contribution in [-0.2, 0) is 6.67 Å². The van der Waals surface area contributed by atoms with Gasteiger partial charge in [0, 0.05) is 13.1 Å². The van der Waals surface area contributed by atoms with Gasteiger partial charge in [-0.05, 0) is 43.9 Å². The number of ether oxygens (including phenoxy) is 1. The number of hydrogen-bond donors (Lipinski definition) is 0. The van der Waals surface area contributed by atoms with Gasteiger partial charge < -0.3 is 4.74 Å². The van der Waals surface area contributed by atoms with Crippen LogP contribution in [0.2, 0.25) is 10.0 Å². The van der Waals surface area contributed by atoms with Gasteiger partial charge in [-0.1, -0.05) is 35.3 Å². The van der Waals surface area contributed by atoms with Crippen molar-refractivity contribution in [3.05, 3.63) is 55.9 Å². The first-order valence-electron chi connectivity index (χ1n) is 8.31. The van der Waals surface area contributed by atoms with Gasteiger partial charge in [0.2, 0.25) is 0 Å². The van der Waals surface area contributed by atoms with Gasteiger partial charge in [0.15, 0.2) is 0 Å². The Kier molecular flexibility index (Phi) is 5.67. The molecule has 1 aromatic carbocycles. The molecule has 0 amide bonds. The Hall–Kier alpha value is -1.56. The lowest BCUT2D eigenvalue weighted by Gasteiger charge is -2.32. The van der Waals surface area contributed by atoms with Crippen LogP contribution in [0.5, 0.6) is 5.75 Å². The second-order valence-corrected chi connectivity index (χ2v) is 7.24. The van der Waals surface area contributed by atoms with Crippen LogP contribution < -0.4 is 10.3 Å². The SMILES string of the molecule is Cc1ccc(C)c(OC2CCN(Cn3ncc(Cl)c(Cl)c3=O)CC2)c1. The molecule has 0 unspecified atom stereocenters. The van der Waals surface area contributed by atoms with E-state index in [1.165, 1.54) is 16.4 Å². The summed E-state index contributed by atoms with van der Waals surface area (Å²) >= 11 is 11.7.